The normalized spacial score (nSPS) is 14.1. The second-order valence-corrected chi connectivity index (χ2v) is 7.58. The predicted octanol–water partition coefficient (Wildman–Crippen LogP) is 2.67. The fraction of sp³-hybridized carbons (Fsp3) is 0.400. The molecule has 21 heavy (non-hydrogen) atoms. The van der Waals surface area contributed by atoms with Crippen molar-refractivity contribution in [3.8, 4) is 5.75 Å². The molecule has 0 fully saturated rings. The Morgan fingerprint density at radius 3 is 2.19 bits per heavy atom. The van der Waals surface area contributed by atoms with E-state index in [0.717, 1.165) is 5.57 Å². The van der Waals surface area contributed by atoms with Gasteiger partial charge in [0.2, 0.25) is 0 Å². The van der Waals surface area contributed by atoms with Crippen LogP contribution in [-0.4, -0.2) is 31.4 Å². The van der Waals surface area contributed by atoms with Crippen LogP contribution in [0.25, 0.3) is 0 Å². The van der Waals surface area contributed by atoms with Gasteiger partial charge in [-0.1, -0.05) is 11.6 Å². The zero-order valence-corrected chi connectivity index (χ0v) is 13.4. The lowest BCUT2D eigenvalue weighted by Gasteiger charge is -2.24. The Morgan fingerprint density at radius 2 is 1.81 bits per heavy atom. The first-order chi connectivity index (χ1) is 9.65. The monoisotopic (exact) mass is 312 g/mol. The molecule has 1 aromatic rings. The van der Waals surface area contributed by atoms with Crippen molar-refractivity contribution in [3.63, 3.8) is 0 Å². The van der Waals surface area contributed by atoms with Crippen LogP contribution in [0.2, 0.25) is 0 Å². The van der Waals surface area contributed by atoms with Crippen LogP contribution >= 0.6 is 0 Å². The molecular formula is C15H20O5S. The van der Waals surface area contributed by atoms with Crippen LogP contribution in [0.5, 0.6) is 5.75 Å². The van der Waals surface area contributed by atoms with E-state index in [2.05, 4.69) is 0 Å². The Labute approximate surface area is 125 Å². The molecule has 0 saturated heterocycles. The van der Waals surface area contributed by atoms with Crippen molar-refractivity contribution < 1.29 is 23.1 Å². The molecule has 0 amide bonds. The minimum Gasteiger partial charge on any atom is -0.497 e. The lowest BCUT2D eigenvalue weighted by atomic mass is 10.1. The highest BCUT2D eigenvalue weighted by molar-refractivity contribution is 7.93. The summed E-state index contributed by atoms with van der Waals surface area (Å²) < 4.78 is 28.4. The fourth-order valence-corrected chi connectivity index (χ4v) is 3.27. The first kappa shape index (κ1) is 17.2. The SMILES string of the molecule is COc1ccc(S(=O)(=O)[C@](C)(CC=C(C)C)C(=O)O)cc1. The van der Waals surface area contributed by atoms with E-state index in [1.807, 2.05) is 0 Å². The fourth-order valence-electron chi connectivity index (χ4n) is 1.73. The average molecular weight is 312 g/mol. The number of ether oxygens (including phenoxy) is 1. The summed E-state index contributed by atoms with van der Waals surface area (Å²) in [6.45, 7) is 4.82. The topological polar surface area (TPSA) is 80.7 Å². The molecule has 116 valence electrons. The van der Waals surface area contributed by atoms with Gasteiger partial charge in [0, 0.05) is 0 Å². The third-order valence-electron chi connectivity index (χ3n) is 3.32. The molecule has 1 atom stereocenters. The van der Waals surface area contributed by atoms with Crippen LogP contribution in [0.3, 0.4) is 0 Å². The van der Waals surface area contributed by atoms with E-state index in [1.165, 1.54) is 38.3 Å². The number of carboxylic acid groups (broad SMARTS) is 1. The highest BCUT2D eigenvalue weighted by Gasteiger charge is 2.46. The van der Waals surface area contributed by atoms with Gasteiger partial charge in [0.05, 0.1) is 12.0 Å². The van der Waals surface area contributed by atoms with Gasteiger partial charge >= 0.3 is 5.97 Å². The third-order valence-corrected chi connectivity index (χ3v) is 5.74. The molecule has 5 nitrogen and oxygen atoms in total. The number of sulfone groups is 1. The van der Waals surface area contributed by atoms with Crippen LogP contribution in [0.15, 0.2) is 40.8 Å². The number of aliphatic carboxylic acids is 1. The summed E-state index contributed by atoms with van der Waals surface area (Å²) in [5.74, 6) is -0.855. The van der Waals surface area contributed by atoms with Crippen LogP contribution in [0, 0.1) is 0 Å². The van der Waals surface area contributed by atoms with Gasteiger partial charge in [-0.3, -0.25) is 4.79 Å². The summed E-state index contributed by atoms with van der Waals surface area (Å²) in [6.07, 6.45) is 1.54. The first-order valence-corrected chi connectivity index (χ1v) is 7.89. The van der Waals surface area contributed by atoms with Crippen molar-refractivity contribution in [2.75, 3.05) is 7.11 Å². The molecule has 0 aromatic heterocycles. The maximum Gasteiger partial charge on any atom is 0.325 e. The van der Waals surface area contributed by atoms with Gasteiger partial charge < -0.3 is 9.84 Å². The molecule has 1 N–H and O–H groups in total. The van der Waals surface area contributed by atoms with E-state index < -0.39 is 20.6 Å². The summed E-state index contributed by atoms with van der Waals surface area (Å²) in [5.41, 5.74) is 0.868. The Bertz CT molecular complexity index is 639. The highest BCUT2D eigenvalue weighted by atomic mass is 32.2. The zero-order valence-electron chi connectivity index (χ0n) is 12.6. The summed E-state index contributed by atoms with van der Waals surface area (Å²) in [4.78, 5) is 11.5. The van der Waals surface area contributed by atoms with Gasteiger partial charge in [-0.2, -0.15) is 0 Å². The number of carbonyl (C=O) groups is 1. The minimum absolute atomic E-state index is 0.0321. The number of allylic oxidation sites excluding steroid dienone is 2. The van der Waals surface area contributed by atoms with Crippen molar-refractivity contribution >= 4 is 15.8 Å². The smallest absolute Gasteiger partial charge is 0.325 e. The third kappa shape index (κ3) is 3.44. The summed E-state index contributed by atoms with van der Waals surface area (Å²) in [6, 6.07) is 5.71. The molecule has 1 aromatic carbocycles. The van der Waals surface area contributed by atoms with Gasteiger partial charge in [-0.05, 0) is 51.5 Å². The van der Waals surface area contributed by atoms with E-state index >= 15 is 0 Å². The summed E-state index contributed by atoms with van der Waals surface area (Å²) in [7, 11) is -2.55. The molecule has 0 aliphatic carbocycles. The van der Waals surface area contributed by atoms with Crippen LogP contribution < -0.4 is 4.74 Å². The number of methoxy groups -OCH3 is 1. The van der Waals surface area contributed by atoms with Crippen LogP contribution in [-0.2, 0) is 14.6 Å². The zero-order chi connectivity index (χ0) is 16.3. The van der Waals surface area contributed by atoms with Crippen molar-refractivity contribution in [1.29, 1.82) is 0 Å². The minimum atomic E-state index is -4.02. The van der Waals surface area contributed by atoms with E-state index in [4.69, 9.17) is 4.74 Å². The lowest BCUT2D eigenvalue weighted by Crippen LogP contribution is -2.43. The Kier molecular flexibility index (Phi) is 5.17. The van der Waals surface area contributed by atoms with Gasteiger partial charge in [-0.15, -0.1) is 0 Å². The van der Waals surface area contributed by atoms with Crippen molar-refractivity contribution in [2.45, 2.75) is 36.8 Å². The molecule has 0 aliphatic rings. The number of benzene rings is 1. The Morgan fingerprint density at radius 1 is 1.29 bits per heavy atom. The number of rotatable bonds is 6. The number of hydrogen-bond acceptors (Lipinski definition) is 4. The standard InChI is InChI=1S/C15H20O5S/c1-11(2)9-10-15(3,14(16)17)21(18,19)13-7-5-12(20-4)6-8-13/h5-9H,10H2,1-4H3,(H,16,17)/t15-/m1/s1. The maximum absolute atomic E-state index is 12.7. The molecular weight excluding hydrogens is 292 g/mol. The molecule has 0 unspecified atom stereocenters. The molecule has 0 spiro atoms. The molecule has 0 bridgehead atoms. The molecule has 0 aliphatic heterocycles. The molecule has 6 heteroatoms. The number of hydrogen-bond donors (Lipinski definition) is 1. The van der Waals surface area contributed by atoms with Crippen molar-refractivity contribution in [1.82, 2.24) is 0 Å². The second kappa shape index (κ2) is 6.30. The first-order valence-electron chi connectivity index (χ1n) is 6.40. The molecule has 0 heterocycles. The second-order valence-electron chi connectivity index (χ2n) is 5.20. The Hall–Kier alpha value is -1.82. The largest absolute Gasteiger partial charge is 0.497 e. The highest BCUT2D eigenvalue weighted by Crippen LogP contribution is 2.31. The van der Waals surface area contributed by atoms with Gasteiger partial charge in [0.15, 0.2) is 14.6 Å². The Balaban J connectivity index is 3.33. The van der Waals surface area contributed by atoms with E-state index in [0.29, 0.717) is 5.75 Å². The van der Waals surface area contributed by atoms with Crippen LogP contribution in [0.1, 0.15) is 27.2 Å². The summed E-state index contributed by atoms with van der Waals surface area (Å²) in [5, 5.41) is 9.41. The maximum atomic E-state index is 12.7. The summed E-state index contributed by atoms with van der Waals surface area (Å²) >= 11 is 0. The number of carboxylic acids is 1. The van der Waals surface area contributed by atoms with Crippen LogP contribution in [0.4, 0.5) is 0 Å². The van der Waals surface area contributed by atoms with Crippen molar-refractivity contribution in [3.05, 3.63) is 35.9 Å². The predicted molar refractivity (Wildman–Crippen MR) is 80.3 cm³/mol. The van der Waals surface area contributed by atoms with Gasteiger partial charge in [0.25, 0.3) is 0 Å². The lowest BCUT2D eigenvalue weighted by molar-refractivity contribution is -0.139. The molecule has 1 rings (SSSR count). The molecule has 0 radical (unpaired) electrons. The van der Waals surface area contributed by atoms with E-state index in [1.54, 1.807) is 19.9 Å². The van der Waals surface area contributed by atoms with E-state index in [9.17, 15) is 18.3 Å². The van der Waals surface area contributed by atoms with Gasteiger partial charge in [0.1, 0.15) is 5.75 Å². The van der Waals surface area contributed by atoms with Gasteiger partial charge in [-0.25, -0.2) is 8.42 Å². The average Bonchev–Trinajstić information content (AvgIpc) is 2.44. The quantitative estimate of drug-likeness (QED) is 0.817. The van der Waals surface area contributed by atoms with E-state index in [-0.39, 0.29) is 11.3 Å². The van der Waals surface area contributed by atoms with Crippen molar-refractivity contribution in [2.24, 2.45) is 0 Å². The molecule has 0 saturated carbocycles.